The molecule has 2 heterocycles. The smallest absolute Gasteiger partial charge is 0.253 e. The summed E-state index contributed by atoms with van der Waals surface area (Å²) < 4.78 is 6.12. The maximum absolute atomic E-state index is 13.0. The van der Waals surface area contributed by atoms with Gasteiger partial charge < -0.3 is 15.1 Å². The molecule has 0 radical (unpaired) electrons. The molecule has 0 unspecified atom stereocenters. The van der Waals surface area contributed by atoms with E-state index in [0.29, 0.717) is 29.5 Å². The Hall–Kier alpha value is -3.36. The summed E-state index contributed by atoms with van der Waals surface area (Å²) in [5.41, 5.74) is 9.58. The molecule has 0 saturated heterocycles. The molecule has 2 atom stereocenters. The zero-order valence-corrected chi connectivity index (χ0v) is 20.1. The molecule has 1 fully saturated rings. The van der Waals surface area contributed by atoms with Crippen LogP contribution < -0.4 is 5.73 Å². The molecule has 0 bridgehead atoms. The molecule has 0 spiro atoms. The number of thiazole rings is 1. The molecule has 1 amide bonds. The number of nitrogens with zero attached hydrogens (tertiary/aromatic N) is 4. The van der Waals surface area contributed by atoms with Crippen molar-refractivity contribution in [2.45, 2.75) is 44.2 Å². The van der Waals surface area contributed by atoms with Crippen molar-refractivity contribution in [2.24, 2.45) is 5.73 Å². The van der Waals surface area contributed by atoms with Gasteiger partial charge in [0, 0.05) is 35.2 Å². The first-order chi connectivity index (χ1) is 16.4. The molecule has 0 aliphatic heterocycles. The van der Waals surface area contributed by atoms with E-state index in [4.69, 9.17) is 10.2 Å². The van der Waals surface area contributed by atoms with E-state index in [9.17, 15) is 4.79 Å². The predicted octanol–water partition coefficient (Wildman–Crippen LogP) is 4.90. The molecule has 2 aromatic carbocycles. The average molecular weight is 474 g/mol. The van der Waals surface area contributed by atoms with Gasteiger partial charge in [0.05, 0.1) is 6.54 Å². The largest absolute Gasteiger partial charge is 0.419 e. The highest BCUT2D eigenvalue weighted by molar-refractivity contribution is 7.09. The van der Waals surface area contributed by atoms with Gasteiger partial charge in [-0.25, -0.2) is 4.98 Å². The van der Waals surface area contributed by atoms with E-state index in [1.165, 1.54) is 5.56 Å². The van der Waals surface area contributed by atoms with Gasteiger partial charge in [-0.3, -0.25) is 4.79 Å². The topological polar surface area (TPSA) is 98.1 Å². The average Bonchev–Trinajstić information content (AvgIpc) is 3.60. The van der Waals surface area contributed by atoms with Gasteiger partial charge in [0.1, 0.15) is 10.5 Å². The van der Waals surface area contributed by atoms with Crippen molar-refractivity contribution in [2.75, 3.05) is 7.05 Å². The third kappa shape index (κ3) is 4.26. The molecule has 4 aromatic rings. The molecule has 5 rings (SSSR count). The quantitative estimate of drug-likeness (QED) is 0.428. The molecule has 1 aliphatic carbocycles. The summed E-state index contributed by atoms with van der Waals surface area (Å²) in [6.45, 7) is 2.41. The minimum Gasteiger partial charge on any atom is -0.419 e. The van der Waals surface area contributed by atoms with Gasteiger partial charge in [-0.2, -0.15) is 0 Å². The Balaban J connectivity index is 1.37. The van der Waals surface area contributed by atoms with Crippen LogP contribution in [0.15, 0.2) is 64.4 Å². The Kier molecular flexibility index (Phi) is 6.02. The lowest BCUT2D eigenvalue weighted by Crippen LogP contribution is -2.39. The number of aryl methyl sites for hydroxylation is 1. The van der Waals surface area contributed by atoms with Crippen LogP contribution in [0, 0.1) is 6.92 Å². The maximum Gasteiger partial charge on any atom is 0.253 e. The number of carbonyl (C=O) groups excluding carboxylic acids is 1. The predicted molar refractivity (Wildman–Crippen MR) is 131 cm³/mol. The second kappa shape index (κ2) is 9.12. The van der Waals surface area contributed by atoms with Crippen molar-refractivity contribution in [1.82, 2.24) is 20.1 Å². The number of aromatic nitrogens is 3. The van der Waals surface area contributed by atoms with E-state index in [1.807, 2.05) is 42.6 Å². The van der Waals surface area contributed by atoms with E-state index in [0.717, 1.165) is 30.0 Å². The third-order valence-corrected chi connectivity index (χ3v) is 7.42. The Morgan fingerprint density at radius 3 is 2.79 bits per heavy atom. The minimum absolute atomic E-state index is 0.0929. The summed E-state index contributed by atoms with van der Waals surface area (Å²) in [6.07, 6.45) is 2.77. The zero-order valence-electron chi connectivity index (χ0n) is 19.3. The normalized spacial score (nSPS) is 19.9. The van der Waals surface area contributed by atoms with Crippen molar-refractivity contribution in [1.29, 1.82) is 0 Å². The molecule has 1 aliphatic rings. The van der Waals surface area contributed by atoms with E-state index < -0.39 is 5.54 Å². The molecular formula is C26H27N5O2S. The van der Waals surface area contributed by atoms with E-state index in [1.54, 1.807) is 35.4 Å². The van der Waals surface area contributed by atoms with Crippen molar-refractivity contribution >= 4 is 17.2 Å². The number of rotatable bonds is 6. The Morgan fingerprint density at radius 2 is 2.03 bits per heavy atom. The van der Waals surface area contributed by atoms with Crippen molar-refractivity contribution in [3.05, 3.63) is 87.7 Å². The number of carbonyl (C=O) groups is 1. The SMILES string of the molecule is Cc1csc(CN(C)C(=O)c2cccc(-c3nnc([C@@]4(N)CCC[C@@H]4c4ccccc4)o3)c2)n1. The molecule has 2 aromatic heterocycles. The van der Waals surface area contributed by atoms with E-state index in [-0.39, 0.29) is 11.8 Å². The minimum atomic E-state index is -0.702. The van der Waals surface area contributed by atoms with Crippen LogP contribution in [0.2, 0.25) is 0 Å². The van der Waals surface area contributed by atoms with Crippen LogP contribution in [0.4, 0.5) is 0 Å². The van der Waals surface area contributed by atoms with Gasteiger partial charge in [-0.05, 0) is 43.5 Å². The third-order valence-electron chi connectivity index (χ3n) is 6.47. The summed E-state index contributed by atoms with van der Waals surface area (Å²) in [6, 6.07) is 17.5. The number of benzene rings is 2. The Morgan fingerprint density at radius 1 is 1.21 bits per heavy atom. The van der Waals surface area contributed by atoms with Crippen LogP contribution in [0.25, 0.3) is 11.5 Å². The second-order valence-electron chi connectivity index (χ2n) is 8.93. The lowest BCUT2D eigenvalue weighted by Gasteiger charge is -2.28. The number of hydrogen-bond acceptors (Lipinski definition) is 7. The fourth-order valence-electron chi connectivity index (χ4n) is 4.72. The summed E-state index contributed by atoms with van der Waals surface area (Å²) in [5.74, 6) is 0.843. The molecule has 174 valence electrons. The van der Waals surface area contributed by atoms with Gasteiger partial charge in [0.2, 0.25) is 11.8 Å². The highest BCUT2D eigenvalue weighted by Crippen LogP contribution is 2.47. The molecular weight excluding hydrogens is 446 g/mol. The van der Waals surface area contributed by atoms with Gasteiger partial charge in [-0.1, -0.05) is 42.8 Å². The van der Waals surface area contributed by atoms with Crippen LogP contribution in [0.1, 0.15) is 57.7 Å². The van der Waals surface area contributed by atoms with Crippen molar-refractivity contribution in [3.8, 4) is 11.5 Å². The summed E-state index contributed by atoms with van der Waals surface area (Å²) in [4.78, 5) is 19.1. The fraction of sp³-hybridized carbons (Fsp3) is 0.308. The molecule has 8 heteroatoms. The standard InChI is InChI=1S/C26H27N5O2S/c1-17-16-34-22(28-17)15-31(2)24(32)20-11-6-10-19(14-20)23-29-30-25(33-23)26(27)13-7-12-21(26)18-8-4-3-5-9-18/h3-6,8-11,14,16,21H,7,12-13,15,27H2,1-2H3/t21-,26-/m1/s1. The van der Waals surface area contributed by atoms with Crippen LogP contribution in [0.3, 0.4) is 0 Å². The Labute approximate surface area is 202 Å². The van der Waals surface area contributed by atoms with Crippen LogP contribution >= 0.6 is 11.3 Å². The monoisotopic (exact) mass is 473 g/mol. The molecule has 7 nitrogen and oxygen atoms in total. The lowest BCUT2D eigenvalue weighted by atomic mass is 9.82. The summed E-state index contributed by atoms with van der Waals surface area (Å²) in [5, 5.41) is 11.5. The van der Waals surface area contributed by atoms with Gasteiger partial charge in [0.25, 0.3) is 5.91 Å². The van der Waals surface area contributed by atoms with Gasteiger partial charge in [-0.15, -0.1) is 21.5 Å². The highest BCUT2D eigenvalue weighted by Gasteiger charge is 2.46. The number of hydrogen-bond donors (Lipinski definition) is 1. The number of amides is 1. The molecule has 2 N–H and O–H groups in total. The van der Waals surface area contributed by atoms with Gasteiger partial charge in [0.15, 0.2) is 0 Å². The molecule has 34 heavy (non-hydrogen) atoms. The van der Waals surface area contributed by atoms with Gasteiger partial charge >= 0.3 is 0 Å². The summed E-state index contributed by atoms with van der Waals surface area (Å²) in [7, 11) is 1.78. The molecule has 1 saturated carbocycles. The zero-order chi connectivity index (χ0) is 23.7. The van der Waals surface area contributed by atoms with E-state index in [2.05, 4.69) is 27.3 Å². The van der Waals surface area contributed by atoms with Crippen LogP contribution in [0.5, 0.6) is 0 Å². The number of nitrogens with two attached hydrogens (primary N) is 1. The first-order valence-corrected chi connectivity index (χ1v) is 12.3. The van der Waals surface area contributed by atoms with Crippen LogP contribution in [-0.2, 0) is 12.1 Å². The van der Waals surface area contributed by atoms with E-state index >= 15 is 0 Å². The summed E-state index contributed by atoms with van der Waals surface area (Å²) >= 11 is 1.55. The van der Waals surface area contributed by atoms with Crippen LogP contribution in [-0.4, -0.2) is 33.0 Å². The highest BCUT2D eigenvalue weighted by atomic mass is 32.1. The van der Waals surface area contributed by atoms with Crippen molar-refractivity contribution < 1.29 is 9.21 Å². The lowest BCUT2D eigenvalue weighted by molar-refractivity contribution is 0.0785. The fourth-order valence-corrected chi connectivity index (χ4v) is 5.54. The maximum atomic E-state index is 13.0. The first kappa shape index (κ1) is 22.4. The Bertz CT molecular complexity index is 1300. The first-order valence-electron chi connectivity index (χ1n) is 11.4. The van der Waals surface area contributed by atoms with Crippen molar-refractivity contribution in [3.63, 3.8) is 0 Å². The second-order valence-corrected chi connectivity index (χ2v) is 9.88.